The summed E-state index contributed by atoms with van der Waals surface area (Å²) in [4.78, 5) is 11.4. The van der Waals surface area contributed by atoms with Crippen LogP contribution in [0.3, 0.4) is 0 Å². The molecule has 0 radical (unpaired) electrons. The maximum Gasteiger partial charge on any atom is 0.407 e. The van der Waals surface area contributed by atoms with E-state index in [1.165, 1.54) is 0 Å². The number of amides is 1. The van der Waals surface area contributed by atoms with Crippen LogP contribution in [-0.4, -0.2) is 25.3 Å². The molecular weight excluding hydrogens is 254 g/mol. The molecule has 0 bridgehead atoms. The van der Waals surface area contributed by atoms with Crippen LogP contribution in [0, 0.1) is 6.92 Å². The first-order valence-electron chi connectivity index (χ1n) is 6.60. The highest BCUT2D eigenvalue weighted by Crippen LogP contribution is 2.19. The summed E-state index contributed by atoms with van der Waals surface area (Å²) in [6.45, 7) is 7.93. The number of hydrogen-bond acceptors (Lipinski definition) is 3. The highest BCUT2D eigenvalue weighted by molar-refractivity contribution is 5.68. The zero-order chi connectivity index (χ0) is 15.2. The van der Waals surface area contributed by atoms with Crippen molar-refractivity contribution in [2.45, 2.75) is 33.3 Å². The van der Waals surface area contributed by atoms with Crippen molar-refractivity contribution in [3.63, 3.8) is 0 Å². The summed E-state index contributed by atoms with van der Waals surface area (Å²) in [6.07, 6.45) is 3.42. The van der Waals surface area contributed by atoms with E-state index in [0.29, 0.717) is 6.54 Å². The monoisotopic (exact) mass is 277 g/mol. The van der Waals surface area contributed by atoms with Gasteiger partial charge in [0.1, 0.15) is 11.4 Å². The molecule has 1 amide bonds. The lowest BCUT2D eigenvalue weighted by atomic mass is 10.1. The molecule has 4 heteroatoms. The Hall–Kier alpha value is -1.97. The maximum atomic E-state index is 11.4. The van der Waals surface area contributed by atoms with Crippen LogP contribution in [0.25, 0.3) is 6.08 Å². The van der Waals surface area contributed by atoms with Crippen LogP contribution >= 0.6 is 0 Å². The van der Waals surface area contributed by atoms with Gasteiger partial charge >= 0.3 is 6.09 Å². The molecule has 1 aromatic carbocycles. The van der Waals surface area contributed by atoms with Crippen LogP contribution < -0.4 is 10.1 Å². The molecule has 0 unspecified atom stereocenters. The number of methoxy groups -OCH3 is 1. The van der Waals surface area contributed by atoms with E-state index < -0.39 is 11.7 Å². The molecule has 0 aromatic heterocycles. The van der Waals surface area contributed by atoms with Gasteiger partial charge in [0, 0.05) is 6.54 Å². The van der Waals surface area contributed by atoms with E-state index in [2.05, 4.69) is 5.32 Å². The molecule has 4 nitrogen and oxygen atoms in total. The van der Waals surface area contributed by atoms with Gasteiger partial charge in [-0.2, -0.15) is 0 Å². The molecule has 20 heavy (non-hydrogen) atoms. The second kappa shape index (κ2) is 6.98. The molecule has 0 atom stereocenters. The topological polar surface area (TPSA) is 47.6 Å². The van der Waals surface area contributed by atoms with Crippen molar-refractivity contribution in [2.24, 2.45) is 0 Å². The minimum Gasteiger partial charge on any atom is -0.496 e. The molecule has 0 saturated carbocycles. The zero-order valence-electron chi connectivity index (χ0n) is 12.8. The Morgan fingerprint density at radius 2 is 2.05 bits per heavy atom. The second-order valence-corrected chi connectivity index (χ2v) is 5.51. The van der Waals surface area contributed by atoms with Gasteiger partial charge in [0.25, 0.3) is 0 Å². The third-order valence-electron chi connectivity index (χ3n) is 2.49. The van der Waals surface area contributed by atoms with Crippen LogP contribution in [0.5, 0.6) is 5.75 Å². The molecule has 0 fully saturated rings. The van der Waals surface area contributed by atoms with Gasteiger partial charge < -0.3 is 14.8 Å². The van der Waals surface area contributed by atoms with Gasteiger partial charge in [0.05, 0.1) is 7.11 Å². The van der Waals surface area contributed by atoms with Gasteiger partial charge in [0.2, 0.25) is 0 Å². The van der Waals surface area contributed by atoms with Crippen molar-refractivity contribution in [1.82, 2.24) is 5.32 Å². The number of rotatable bonds is 4. The first-order valence-corrected chi connectivity index (χ1v) is 6.60. The number of carbonyl (C=O) groups excluding carboxylic acids is 1. The zero-order valence-corrected chi connectivity index (χ0v) is 12.8. The van der Waals surface area contributed by atoms with E-state index in [9.17, 15) is 4.79 Å². The summed E-state index contributed by atoms with van der Waals surface area (Å²) < 4.78 is 10.3. The number of ether oxygens (including phenoxy) is 2. The summed E-state index contributed by atoms with van der Waals surface area (Å²) in [6, 6.07) is 5.93. The molecule has 0 spiro atoms. The molecule has 110 valence electrons. The molecule has 1 aromatic rings. The van der Waals surface area contributed by atoms with Crippen molar-refractivity contribution in [2.75, 3.05) is 13.7 Å². The Morgan fingerprint density at radius 1 is 1.35 bits per heavy atom. The highest BCUT2D eigenvalue weighted by atomic mass is 16.6. The lowest BCUT2D eigenvalue weighted by Crippen LogP contribution is -2.32. The predicted molar refractivity (Wildman–Crippen MR) is 81.0 cm³/mol. The van der Waals surface area contributed by atoms with E-state index in [0.717, 1.165) is 16.9 Å². The van der Waals surface area contributed by atoms with Crippen molar-refractivity contribution in [1.29, 1.82) is 0 Å². The number of hydrogen-bond donors (Lipinski definition) is 1. The predicted octanol–water partition coefficient (Wildman–Crippen LogP) is 3.54. The lowest BCUT2D eigenvalue weighted by Gasteiger charge is -2.19. The molecule has 0 aliphatic heterocycles. The highest BCUT2D eigenvalue weighted by Gasteiger charge is 2.14. The fraction of sp³-hybridized carbons (Fsp3) is 0.438. The van der Waals surface area contributed by atoms with Crippen LogP contribution in [-0.2, 0) is 4.74 Å². The maximum absolute atomic E-state index is 11.4. The van der Waals surface area contributed by atoms with E-state index in [1.807, 2.05) is 58.0 Å². The number of carbonyl (C=O) groups is 1. The van der Waals surface area contributed by atoms with Gasteiger partial charge in [-0.3, -0.25) is 0 Å². The third kappa shape index (κ3) is 5.78. The molecule has 0 saturated heterocycles. The smallest absolute Gasteiger partial charge is 0.407 e. The fourth-order valence-electron chi connectivity index (χ4n) is 1.66. The van der Waals surface area contributed by atoms with Crippen molar-refractivity contribution in [3.05, 3.63) is 35.4 Å². The Kier molecular flexibility index (Phi) is 5.62. The van der Waals surface area contributed by atoms with E-state index >= 15 is 0 Å². The summed E-state index contributed by atoms with van der Waals surface area (Å²) in [5.41, 5.74) is 1.67. The van der Waals surface area contributed by atoms with Gasteiger partial charge in [-0.1, -0.05) is 18.2 Å². The molecule has 1 N–H and O–H groups in total. The van der Waals surface area contributed by atoms with Crippen molar-refractivity contribution < 1.29 is 14.3 Å². The van der Waals surface area contributed by atoms with Gasteiger partial charge in [0.15, 0.2) is 0 Å². The molecule has 1 rings (SSSR count). The van der Waals surface area contributed by atoms with Gasteiger partial charge in [-0.25, -0.2) is 4.79 Å². The van der Waals surface area contributed by atoms with E-state index in [4.69, 9.17) is 9.47 Å². The quantitative estimate of drug-likeness (QED) is 0.915. The Labute approximate surface area is 120 Å². The molecule has 0 aliphatic carbocycles. The van der Waals surface area contributed by atoms with Crippen LogP contribution in [0.2, 0.25) is 0 Å². The summed E-state index contributed by atoms with van der Waals surface area (Å²) in [7, 11) is 1.66. The number of alkyl carbamates (subject to hydrolysis) is 1. The van der Waals surface area contributed by atoms with Gasteiger partial charge in [-0.05, 0) is 51.0 Å². The SMILES string of the molecule is COc1ccc(C=CCNC(=O)OC(C)(C)C)cc1C. The Balaban J connectivity index is 2.46. The largest absolute Gasteiger partial charge is 0.496 e. The minimum atomic E-state index is -0.471. The minimum absolute atomic E-state index is 0.409. The first kappa shape index (κ1) is 16.1. The Morgan fingerprint density at radius 3 is 2.60 bits per heavy atom. The first-order chi connectivity index (χ1) is 9.31. The van der Waals surface area contributed by atoms with Crippen molar-refractivity contribution in [3.8, 4) is 5.75 Å². The average molecular weight is 277 g/mol. The standard InChI is InChI=1S/C16H23NO3/c1-12-11-13(8-9-14(12)19-5)7-6-10-17-15(18)20-16(2,3)4/h6-9,11H,10H2,1-5H3,(H,17,18). The fourth-order valence-corrected chi connectivity index (χ4v) is 1.66. The molecule has 0 aliphatic rings. The normalized spacial score (nSPS) is 11.4. The Bertz CT molecular complexity index is 487. The van der Waals surface area contributed by atoms with Crippen LogP contribution in [0.4, 0.5) is 4.79 Å². The third-order valence-corrected chi connectivity index (χ3v) is 2.49. The molecular formula is C16H23NO3. The number of aryl methyl sites for hydroxylation is 1. The molecule has 0 heterocycles. The van der Waals surface area contributed by atoms with E-state index in [-0.39, 0.29) is 0 Å². The number of nitrogens with one attached hydrogen (secondary N) is 1. The second-order valence-electron chi connectivity index (χ2n) is 5.51. The van der Waals surface area contributed by atoms with Crippen molar-refractivity contribution >= 4 is 12.2 Å². The summed E-state index contributed by atoms with van der Waals surface area (Å²) in [5.74, 6) is 0.869. The van der Waals surface area contributed by atoms with Gasteiger partial charge in [-0.15, -0.1) is 0 Å². The number of benzene rings is 1. The average Bonchev–Trinajstić information content (AvgIpc) is 2.33. The van der Waals surface area contributed by atoms with Crippen LogP contribution in [0.15, 0.2) is 24.3 Å². The summed E-state index contributed by atoms with van der Waals surface area (Å²) in [5, 5.41) is 2.67. The summed E-state index contributed by atoms with van der Waals surface area (Å²) >= 11 is 0. The van der Waals surface area contributed by atoms with Crippen LogP contribution in [0.1, 0.15) is 31.9 Å². The van der Waals surface area contributed by atoms with E-state index in [1.54, 1.807) is 7.11 Å². The lowest BCUT2D eigenvalue weighted by molar-refractivity contribution is 0.0534.